The molecular formula is C32H45FN2. The normalized spacial score (nSPS) is 17.8. The van der Waals surface area contributed by atoms with Crippen LogP contribution in [0.3, 0.4) is 0 Å². The molecule has 0 aromatic heterocycles. The minimum Gasteiger partial charge on any atom is -0.303 e. The summed E-state index contributed by atoms with van der Waals surface area (Å²) < 4.78 is 13.3. The van der Waals surface area contributed by atoms with Crippen LogP contribution in [-0.4, -0.2) is 36.0 Å². The van der Waals surface area contributed by atoms with E-state index in [0.29, 0.717) is 0 Å². The molecule has 4 rings (SSSR count). The van der Waals surface area contributed by atoms with Crippen molar-refractivity contribution in [2.24, 2.45) is 5.92 Å². The molecule has 0 radical (unpaired) electrons. The summed E-state index contributed by atoms with van der Waals surface area (Å²) in [5, 5.41) is 0. The number of rotatable bonds is 11. The number of benzene rings is 2. The monoisotopic (exact) mass is 476 g/mol. The predicted octanol–water partition coefficient (Wildman–Crippen LogP) is 7.86. The Morgan fingerprint density at radius 3 is 2.51 bits per heavy atom. The smallest absolute Gasteiger partial charge is 0.123 e. The van der Waals surface area contributed by atoms with Crippen LogP contribution >= 0.6 is 0 Å². The standard InChI is InChI=1S/C32H45FN2/c1-3-4-5-6-19-34-21-17-27(18-22-34)10-9-26(2)30-14-13-29-8-7-20-35(25-31(29)23-30)24-28-11-15-32(33)16-12-28/h11-16,23,27H,2-10,17-22,24-25H2,1H3. The molecule has 0 unspecified atom stereocenters. The summed E-state index contributed by atoms with van der Waals surface area (Å²) in [6, 6.07) is 14.0. The SMILES string of the molecule is C=C(CCC1CCN(CCCCCC)CC1)c1ccc2c(c1)CN(Cc1ccc(F)cc1)CCC2. The van der Waals surface area contributed by atoms with Crippen LogP contribution in [0.5, 0.6) is 0 Å². The lowest BCUT2D eigenvalue weighted by Crippen LogP contribution is -2.34. The molecule has 0 bridgehead atoms. The summed E-state index contributed by atoms with van der Waals surface area (Å²) in [5.74, 6) is 0.691. The maximum Gasteiger partial charge on any atom is 0.123 e. The van der Waals surface area contributed by atoms with Crippen molar-refractivity contribution >= 4 is 5.57 Å². The molecule has 2 aromatic rings. The molecule has 0 N–H and O–H groups in total. The van der Waals surface area contributed by atoms with Gasteiger partial charge in [0.25, 0.3) is 0 Å². The zero-order chi connectivity index (χ0) is 24.5. The highest BCUT2D eigenvalue weighted by Crippen LogP contribution is 2.29. The topological polar surface area (TPSA) is 6.48 Å². The molecule has 0 atom stereocenters. The second-order valence-electron chi connectivity index (χ2n) is 10.9. The summed E-state index contributed by atoms with van der Waals surface area (Å²) >= 11 is 0. The van der Waals surface area contributed by atoms with Gasteiger partial charge in [0.15, 0.2) is 0 Å². The molecular weight excluding hydrogens is 431 g/mol. The molecule has 2 aliphatic heterocycles. The Kier molecular flexibility index (Phi) is 9.97. The van der Waals surface area contributed by atoms with Crippen molar-refractivity contribution in [1.82, 2.24) is 9.80 Å². The average molecular weight is 477 g/mol. The summed E-state index contributed by atoms with van der Waals surface area (Å²) in [7, 11) is 0. The predicted molar refractivity (Wildman–Crippen MR) is 147 cm³/mol. The molecule has 0 spiro atoms. The Hall–Kier alpha value is -1.97. The van der Waals surface area contributed by atoms with Crippen LogP contribution in [0.25, 0.3) is 5.57 Å². The molecule has 0 saturated carbocycles. The van der Waals surface area contributed by atoms with Crippen LogP contribution in [0.2, 0.25) is 0 Å². The average Bonchev–Trinajstić information content (AvgIpc) is 3.08. The highest BCUT2D eigenvalue weighted by molar-refractivity contribution is 5.64. The third-order valence-electron chi connectivity index (χ3n) is 8.14. The maximum absolute atomic E-state index is 13.3. The number of piperidine rings is 1. The van der Waals surface area contributed by atoms with E-state index in [4.69, 9.17) is 0 Å². The largest absolute Gasteiger partial charge is 0.303 e. The van der Waals surface area contributed by atoms with Crippen molar-refractivity contribution in [3.05, 3.63) is 77.1 Å². The molecule has 0 aliphatic carbocycles. The van der Waals surface area contributed by atoms with Crippen LogP contribution in [0.15, 0.2) is 49.0 Å². The quantitative estimate of drug-likeness (QED) is 0.305. The second kappa shape index (κ2) is 13.4. The summed E-state index contributed by atoms with van der Waals surface area (Å²) in [5.41, 5.74) is 6.72. The molecule has 0 amide bonds. The minimum atomic E-state index is -0.161. The number of hydrogen-bond acceptors (Lipinski definition) is 2. The first-order valence-corrected chi connectivity index (χ1v) is 14.1. The van der Waals surface area contributed by atoms with E-state index < -0.39 is 0 Å². The molecule has 2 nitrogen and oxygen atoms in total. The highest BCUT2D eigenvalue weighted by atomic mass is 19.1. The molecule has 2 heterocycles. The first-order chi connectivity index (χ1) is 17.1. The first kappa shape index (κ1) is 26.1. The van der Waals surface area contributed by atoms with Gasteiger partial charge in [0.1, 0.15) is 5.82 Å². The van der Waals surface area contributed by atoms with E-state index >= 15 is 0 Å². The number of hydrogen-bond donors (Lipinski definition) is 0. The number of allylic oxidation sites excluding steroid dienone is 1. The maximum atomic E-state index is 13.3. The first-order valence-electron chi connectivity index (χ1n) is 14.1. The van der Waals surface area contributed by atoms with Gasteiger partial charge in [-0.3, -0.25) is 4.90 Å². The van der Waals surface area contributed by atoms with Crippen LogP contribution in [-0.2, 0) is 19.5 Å². The fourth-order valence-corrected chi connectivity index (χ4v) is 5.82. The zero-order valence-corrected chi connectivity index (χ0v) is 21.9. The summed E-state index contributed by atoms with van der Waals surface area (Å²) in [6.45, 7) is 13.6. The number of likely N-dealkylation sites (tertiary alicyclic amines) is 1. The fourth-order valence-electron chi connectivity index (χ4n) is 5.82. The Morgan fingerprint density at radius 1 is 0.943 bits per heavy atom. The Labute approximate surface area is 213 Å². The van der Waals surface area contributed by atoms with Crippen molar-refractivity contribution in [1.29, 1.82) is 0 Å². The van der Waals surface area contributed by atoms with Gasteiger partial charge in [-0.05, 0) is 123 Å². The van der Waals surface area contributed by atoms with Gasteiger partial charge in [-0.1, -0.05) is 57.0 Å². The van der Waals surface area contributed by atoms with E-state index in [0.717, 1.165) is 38.4 Å². The van der Waals surface area contributed by atoms with Gasteiger partial charge < -0.3 is 4.90 Å². The van der Waals surface area contributed by atoms with E-state index in [9.17, 15) is 4.39 Å². The van der Waals surface area contributed by atoms with E-state index in [-0.39, 0.29) is 5.82 Å². The molecule has 35 heavy (non-hydrogen) atoms. The lowest BCUT2D eigenvalue weighted by molar-refractivity contribution is 0.177. The molecule has 3 heteroatoms. The van der Waals surface area contributed by atoms with Gasteiger partial charge in [0, 0.05) is 13.1 Å². The molecule has 2 aliphatic rings. The third-order valence-corrected chi connectivity index (χ3v) is 8.14. The van der Waals surface area contributed by atoms with Gasteiger partial charge in [-0.15, -0.1) is 0 Å². The number of unbranched alkanes of at least 4 members (excludes halogenated alkanes) is 3. The lowest BCUT2D eigenvalue weighted by atomic mass is 9.88. The van der Waals surface area contributed by atoms with Gasteiger partial charge >= 0.3 is 0 Å². The van der Waals surface area contributed by atoms with E-state index in [1.54, 1.807) is 12.1 Å². The van der Waals surface area contributed by atoms with Crippen molar-refractivity contribution in [3.63, 3.8) is 0 Å². The van der Waals surface area contributed by atoms with E-state index in [1.807, 2.05) is 12.1 Å². The van der Waals surface area contributed by atoms with E-state index in [2.05, 4.69) is 41.5 Å². The van der Waals surface area contributed by atoms with Crippen LogP contribution in [0, 0.1) is 11.7 Å². The van der Waals surface area contributed by atoms with Crippen LogP contribution in [0.1, 0.15) is 87.0 Å². The van der Waals surface area contributed by atoms with Crippen LogP contribution in [0.4, 0.5) is 4.39 Å². The van der Waals surface area contributed by atoms with E-state index in [1.165, 1.54) is 98.8 Å². The summed E-state index contributed by atoms with van der Waals surface area (Å²) in [4.78, 5) is 5.19. The number of halogens is 1. The molecule has 190 valence electrons. The van der Waals surface area contributed by atoms with Gasteiger partial charge in [-0.2, -0.15) is 0 Å². The van der Waals surface area contributed by atoms with Crippen LogP contribution < -0.4 is 0 Å². The number of fused-ring (bicyclic) bond motifs is 1. The third kappa shape index (κ3) is 8.02. The van der Waals surface area contributed by atoms with Crippen molar-refractivity contribution in [2.75, 3.05) is 26.2 Å². The van der Waals surface area contributed by atoms with Crippen molar-refractivity contribution in [2.45, 2.75) is 84.2 Å². The van der Waals surface area contributed by atoms with Gasteiger partial charge in [-0.25, -0.2) is 4.39 Å². The Morgan fingerprint density at radius 2 is 1.74 bits per heavy atom. The van der Waals surface area contributed by atoms with Crippen molar-refractivity contribution in [3.8, 4) is 0 Å². The Bertz CT molecular complexity index is 927. The second-order valence-corrected chi connectivity index (χ2v) is 10.9. The molecule has 2 aromatic carbocycles. The minimum absolute atomic E-state index is 0.161. The molecule has 1 saturated heterocycles. The number of nitrogens with zero attached hydrogens (tertiary/aromatic N) is 2. The Balaban J connectivity index is 1.26. The fraction of sp³-hybridized carbons (Fsp3) is 0.562. The lowest BCUT2D eigenvalue weighted by Gasteiger charge is -2.32. The molecule has 1 fully saturated rings. The zero-order valence-electron chi connectivity index (χ0n) is 21.9. The number of aryl methyl sites for hydroxylation is 1. The van der Waals surface area contributed by atoms with Gasteiger partial charge in [0.05, 0.1) is 0 Å². The van der Waals surface area contributed by atoms with Gasteiger partial charge in [0.2, 0.25) is 0 Å². The summed E-state index contributed by atoms with van der Waals surface area (Å²) in [6.07, 6.45) is 12.9. The van der Waals surface area contributed by atoms with Crippen molar-refractivity contribution < 1.29 is 4.39 Å². The highest BCUT2D eigenvalue weighted by Gasteiger charge is 2.20.